The lowest BCUT2D eigenvalue weighted by atomic mass is 10.1. The molecule has 6 nitrogen and oxygen atoms in total. The van der Waals surface area contributed by atoms with Crippen LogP contribution < -0.4 is 0 Å². The molecule has 8 heteroatoms. The van der Waals surface area contributed by atoms with E-state index in [9.17, 15) is 9.59 Å². The maximum Gasteiger partial charge on any atom is 0.339 e. The Labute approximate surface area is 163 Å². The van der Waals surface area contributed by atoms with Gasteiger partial charge in [-0.15, -0.1) is 12.4 Å². The zero-order chi connectivity index (χ0) is 17.2. The number of carbonyl (C=O) groups excluding carboxylic acids is 1. The fourth-order valence-electron chi connectivity index (χ4n) is 1.95. The number of esters is 1. The van der Waals surface area contributed by atoms with Crippen molar-refractivity contribution in [2.75, 3.05) is 7.11 Å². The van der Waals surface area contributed by atoms with Crippen molar-refractivity contribution in [1.29, 1.82) is 0 Å². The van der Waals surface area contributed by atoms with Crippen LogP contribution in [0.5, 0.6) is 0 Å². The molecule has 2 aromatic rings. The zero-order valence-electron chi connectivity index (χ0n) is 14.4. The monoisotopic (exact) mass is 379 g/mol. The van der Waals surface area contributed by atoms with Gasteiger partial charge in [-0.25, -0.2) is 9.59 Å². The summed E-state index contributed by atoms with van der Waals surface area (Å²) < 4.78 is 4.60. The van der Waals surface area contributed by atoms with Gasteiger partial charge in [-0.2, -0.15) is 0 Å². The van der Waals surface area contributed by atoms with Gasteiger partial charge in [-0.3, -0.25) is 9.97 Å². The number of carboxylic acids is 1. The highest BCUT2D eigenvalue weighted by Gasteiger charge is 2.09. The summed E-state index contributed by atoms with van der Waals surface area (Å²) in [5.41, 5.74) is 2.65. The first-order chi connectivity index (χ1) is 11.0. The number of aromatic nitrogens is 2. The molecular formula is C18H25BClN2O4. The smallest absolute Gasteiger partial charge is 0.339 e. The normalized spacial score (nSPS) is 8.42. The number of carbonyl (C=O) groups is 2. The van der Waals surface area contributed by atoms with Gasteiger partial charge in [0.2, 0.25) is 0 Å². The lowest BCUT2D eigenvalue weighted by Crippen LogP contribution is -2.05. The number of hydrogen-bond donors (Lipinski definition) is 1. The maximum atomic E-state index is 11.1. The molecule has 0 aromatic carbocycles. The topological polar surface area (TPSA) is 89.4 Å². The van der Waals surface area contributed by atoms with Crippen LogP contribution in [0.15, 0.2) is 36.9 Å². The fourth-order valence-corrected chi connectivity index (χ4v) is 1.95. The summed E-state index contributed by atoms with van der Waals surface area (Å²) in [6.07, 6.45) is 7.72. The van der Waals surface area contributed by atoms with Gasteiger partial charge in [0, 0.05) is 33.2 Å². The van der Waals surface area contributed by atoms with E-state index in [4.69, 9.17) is 5.11 Å². The van der Waals surface area contributed by atoms with Gasteiger partial charge >= 0.3 is 11.9 Å². The van der Waals surface area contributed by atoms with Gasteiger partial charge in [0.15, 0.2) is 0 Å². The SMILES string of the molecule is C.CCc1ccncc1C(=O)O.CCc1ccncc1C(=O)OC.Cl.[B]. The summed E-state index contributed by atoms with van der Waals surface area (Å²) >= 11 is 0. The zero-order valence-corrected chi connectivity index (χ0v) is 15.2. The standard InChI is InChI=1S/C9H11NO2.C8H9NO2.CH4.B.ClH/c1-3-7-4-5-10-6-8(7)9(11)12-2;1-2-6-3-4-9-5-7(6)8(10)11;;;/h4-6H,3H2,1-2H3;3-5H,2H2,1H3,(H,10,11);1H4;;1H. The summed E-state index contributed by atoms with van der Waals surface area (Å²) in [6.45, 7) is 3.91. The maximum absolute atomic E-state index is 11.1. The lowest BCUT2D eigenvalue weighted by Gasteiger charge is -2.03. The molecule has 26 heavy (non-hydrogen) atoms. The third-order valence-electron chi connectivity index (χ3n) is 3.22. The summed E-state index contributed by atoms with van der Waals surface area (Å²) in [5, 5.41) is 8.66. The van der Waals surface area contributed by atoms with Crippen molar-refractivity contribution >= 4 is 32.8 Å². The lowest BCUT2D eigenvalue weighted by molar-refractivity contribution is 0.0598. The van der Waals surface area contributed by atoms with Crippen LogP contribution in [0.1, 0.15) is 53.1 Å². The van der Waals surface area contributed by atoms with Crippen LogP contribution in [0.4, 0.5) is 0 Å². The number of rotatable bonds is 4. The van der Waals surface area contributed by atoms with Crippen LogP contribution in [-0.2, 0) is 17.6 Å². The molecule has 3 radical (unpaired) electrons. The second-order valence-corrected chi connectivity index (χ2v) is 4.57. The molecule has 141 valence electrons. The Morgan fingerprint density at radius 1 is 1.00 bits per heavy atom. The minimum Gasteiger partial charge on any atom is -0.478 e. The number of pyridine rings is 2. The van der Waals surface area contributed by atoms with Gasteiger partial charge in [0.1, 0.15) is 0 Å². The van der Waals surface area contributed by atoms with E-state index in [-0.39, 0.29) is 34.2 Å². The van der Waals surface area contributed by atoms with Crippen molar-refractivity contribution in [2.24, 2.45) is 0 Å². The number of methoxy groups -OCH3 is 1. The molecule has 0 amide bonds. The Morgan fingerprint density at radius 2 is 1.42 bits per heavy atom. The first-order valence-corrected chi connectivity index (χ1v) is 7.22. The summed E-state index contributed by atoms with van der Waals surface area (Å²) in [4.78, 5) is 29.3. The predicted molar refractivity (Wildman–Crippen MR) is 105 cm³/mol. The molecule has 2 aromatic heterocycles. The molecule has 0 unspecified atom stereocenters. The number of carboxylic acid groups (broad SMARTS) is 1. The molecule has 0 aliphatic rings. The minimum absolute atomic E-state index is 0. The third-order valence-corrected chi connectivity index (χ3v) is 3.22. The molecule has 2 rings (SSSR count). The number of aryl methyl sites for hydroxylation is 2. The van der Waals surface area contributed by atoms with Crippen molar-refractivity contribution in [1.82, 2.24) is 9.97 Å². The fraction of sp³-hybridized carbons (Fsp3) is 0.333. The van der Waals surface area contributed by atoms with E-state index in [1.165, 1.54) is 19.5 Å². The van der Waals surface area contributed by atoms with Crippen molar-refractivity contribution in [3.63, 3.8) is 0 Å². The van der Waals surface area contributed by atoms with Gasteiger partial charge < -0.3 is 9.84 Å². The van der Waals surface area contributed by atoms with Crippen LogP contribution in [0, 0.1) is 0 Å². The average molecular weight is 380 g/mol. The van der Waals surface area contributed by atoms with E-state index in [1.807, 2.05) is 19.9 Å². The van der Waals surface area contributed by atoms with Gasteiger partial charge in [0.25, 0.3) is 0 Å². The summed E-state index contributed by atoms with van der Waals surface area (Å²) in [7, 11) is 1.37. The van der Waals surface area contributed by atoms with E-state index >= 15 is 0 Å². The van der Waals surface area contributed by atoms with Crippen molar-refractivity contribution in [3.8, 4) is 0 Å². The van der Waals surface area contributed by atoms with Crippen LogP contribution in [0.25, 0.3) is 0 Å². The second kappa shape index (κ2) is 14.9. The number of nitrogens with zero attached hydrogens (tertiary/aromatic N) is 2. The highest BCUT2D eigenvalue weighted by Crippen LogP contribution is 2.08. The van der Waals surface area contributed by atoms with Crippen LogP contribution in [0.2, 0.25) is 0 Å². The molecule has 0 spiro atoms. The van der Waals surface area contributed by atoms with Gasteiger partial charge in [-0.1, -0.05) is 21.3 Å². The largest absolute Gasteiger partial charge is 0.478 e. The Bertz CT molecular complexity index is 684. The Balaban J connectivity index is -0.000000366. The van der Waals surface area contributed by atoms with Crippen LogP contribution in [-0.4, -0.2) is 42.5 Å². The summed E-state index contributed by atoms with van der Waals surface area (Å²) in [6, 6.07) is 3.55. The molecule has 0 atom stereocenters. The van der Waals surface area contributed by atoms with Crippen LogP contribution in [0.3, 0.4) is 0 Å². The molecule has 0 aliphatic heterocycles. The quantitative estimate of drug-likeness (QED) is 0.646. The number of ether oxygens (including phenoxy) is 1. The molecular weight excluding hydrogens is 354 g/mol. The molecule has 0 bridgehead atoms. The van der Waals surface area contributed by atoms with E-state index in [1.54, 1.807) is 18.5 Å². The van der Waals surface area contributed by atoms with Crippen LogP contribution >= 0.6 is 12.4 Å². The van der Waals surface area contributed by atoms with E-state index in [0.29, 0.717) is 11.1 Å². The molecule has 2 heterocycles. The van der Waals surface area contributed by atoms with E-state index in [0.717, 1.165) is 24.0 Å². The predicted octanol–water partition coefficient (Wildman–Crippen LogP) is 3.45. The molecule has 0 saturated heterocycles. The molecule has 0 saturated carbocycles. The molecule has 0 aliphatic carbocycles. The highest BCUT2D eigenvalue weighted by molar-refractivity contribution is 5.90. The highest BCUT2D eigenvalue weighted by atomic mass is 35.5. The van der Waals surface area contributed by atoms with Crippen molar-refractivity contribution in [2.45, 2.75) is 34.1 Å². The second-order valence-electron chi connectivity index (χ2n) is 4.57. The Morgan fingerprint density at radius 3 is 1.77 bits per heavy atom. The summed E-state index contributed by atoms with van der Waals surface area (Å²) in [5.74, 6) is -1.23. The number of halogens is 1. The number of aromatic carboxylic acids is 1. The average Bonchev–Trinajstić information content (AvgIpc) is 2.61. The third kappa shape index (κ3) is 8.12. The number of hydrogen-bond acceptors (Lipinski definition) is 5. The minimum atomic E-state index is -0.907. The van der Waals surface area contributed by atoms with E-state index < -0.39 is 5.97 Å². The first-order valence-electron chi connectivity index (χ1n) is 7.22. The van der Waals surface area contributed by atoms with Crippen molar-refractivity contribution < 1.29 is 19.4 Å². The van der Waals surface area contributed by atoms with Gasteiger partial charge in [0.05, 0.1) is 18.2 Å². The Hall–Kier alpha value is -2.41. The first kappa shape index (κ1) is 28.4. The van der Waals surface area contributed by atoms with Crippen molar-refractivity contribution in [3.05, 3.63) is 59.2 Å². The Kier molecular flexibility index (Phi) is 16.3. The molecule has 0 fully saturated rings. The van der Waals surface area contributed by atoms with E-state index in [2.05, 4.69) is 14.7 Å². The molecule has 1 N–H and O–H groups in total. The van der Waals surface area contributed by atoms with Gasteiger partial charge in [-0.05, 0) is 36.1 Å².